The Morgan fingerprint density at radius 3 is 2.33 bits per heavy atom. The zero-order chi connectivity index (χ0) is 17.9. The molecule has 1 amide bonds. The Morgan fingerprint density at radius 2 is 1.75 bits per heavy atom. The first-order chi connectivity index (χ1) is 11.2. The van der Waals surface area contributed by atoms with Crippen molar-refractivity contribution < 1.29 is 19.4 Å². The minimum absolute atomic E-state index is 0.161. The number of hydrogen-bond donors (Lipinski definition) is 1. The van der Waals surface area contributed by atoms with Crippen molar-refractivity contribution in [2.45, 2.75) is 45.8 Å². The standard InChI is InChI=1S/C19H23NO4/c1-13(11-17(21)22)20(18(23)24-19(2,3)4)16-10-9-14-7-5-6-8-15(14)12-16/h5-10,12-13H,11H2,1-4H3,(H,21,22)/t13-/m0/s1. The van der Waals surface area contributed by atoms with Crippen LogP contribution in [0.5, 0.6) is 0 Å². The van der Waals surface area contributed by atoms with Gasteiger partial charge in [0.15, 0.2) is 0 Å². The van der Waals surface area contributed by atoms with Gasteiger partial charge < -0.3 is 9.84 Å². The van der Waals surface area contributed by atoms with E-state index in [1.165, 1.54) is 4.90 Å². The van der Waals surface area contributed by atoms with Crippen molar-refractivity contribution in [3.8, 4) is 0 Å². The number of carboxylic acids is 1. The minimum atomic E-state index is -0.961. The van der Waals surface area contributed by atoms with E-state index in [0.717, 1.165) is 10.8 Å². The Morgan fingerprint density at radius 1 is 1.12 bits per heavy atom. The molecule has 0 aliphatic rings. The van der Waals surface area contributed by atoms with E-state index in [1.807, 2.05) is 42.5 Å². The highest BCUT2D eigenvalue weighted by molar-refractivity contribution is 5.94. The molecule has 2 aromatic rings. The number of ether oxygens (including phenoxy) is 1. The summed E-state index contributed by atoms with van der Waals surface area (Å²) in [6, 6.07) is 12.9. The first-order valence-corrected chi connectivity index (χ1v) is 7.90. The van der Waals surface area contributed by atoms with E-state index in [0.29, 0.717) is 5.69 Å². The first kappa shape index (κ1) is 17.8. The first-order valence-electron chi connectivity index (χ1n) is 7.90. The summed E-state index contributed by atoms with van der Waals surface area (Å²) in [7, 11) is 0. The molecule has 2 aromatic carbocycles. The Bertz CT molecular complexity index is 748. The number of carbonyl (C=O) groups is 2. The average Bonchev–Trinajstić information content (AvgIpc) is 2.44. The lowest BCUT2D eigenvalue weighted by Crippen LogP contribution is -2.43. The van der Waals surface area contributed by atoms with Gasteiger partial charge in [0.05, 0.1) is 6.42 Å². The highest BCUT2D eigenvalue weighted by atomic mass is 16.6. The normalized spacial score (nSPS) is 12.7. The summed E-state index contributed by atoms with van der Waals surface area (Å²) in [4.78, 5) is 25.1. The zero-order valence-corrected chi connectivity index (χ0v) is 14.4. The van der Waals surface area contributed by atoms with Crippen molar-refractivity contribution in [1.82, 2.24) is 0 Å². The summed E-state index contributed by atoms with van der Waals surface area (Å²) in [5.74, 6) is -0.961. The lowest BCUT2D eigenvalue weighted by atomic mass is 10.1. The molecule has 0 heterocycles. The third-order valence-electron chi connectivity index (χ3n) is 3.51. The Labute approximate surface area is 141 Å². The molecule has 0 spiro atoms. The fourth-order valence-electron chi connectivity index (χ4n) is 2.52. The molecular weight excluding hydrogens is 306 g/mol. The summed E-state index contributed by atoms with van der Waals surface area (Å²) in [6.45, 7) is 7.05. The Balaban J connectivity index is 2.42. The molecule has 0 saturated heterocycles. The van der Waals surface area contributed by atoms with Crippen LogP contribution in [-0.2, 0) is 9.53 Å². The van der Waals surface area contributed by atoms with Crippen LogP contribution in [0, 0.1) is 0 Å². The number of benzene rings is 2. The number of amides is 1. The van der Waals surface area contributed by atoms with Crippen LogP contribution >= 0.6 is 0 Å². The number of carboxylic acid groups (broad SMARTS) is 1. The third-order valence-corrected chi connectivity index (χ3v) is 3.51. The minimum Gasteiger partial charge on any atom is -0.481 e. The molecule has 24 heavy (non-hydrogen) atoms. The van der Waals surface area contributed by atoms with E-state index in [2.05, 4.69) is 0 Å². The summed E-state index contributed by atoms with van der Waals surface area (Å²) < 4.78 is 5.46. The van der Waals surface area contributed by atoms with Gasteiger partial charge in [0.2, 0.25) is 0 Å². The molecule has 0 bridgehead atoms. The molecule has 0 radical (unpaired) electrons. The molecular formula is C19H23NO4. The van der Waals surface area contributed by atoms with Gasteiger partial charge in [0.25, 0.3) is 0 Å². The maximum absolute atomic E-state index is 12.6. The maximum atomic E-state index is 12.6. The largest absolute Gasteiger partial charge is 0.481 e. The molecule has 0 aromatic heterocycles. The fourth-order valence-corrected chi connectivity index (χ4v) is 2.52. The van der Waals surface area contributed by atoms with Gasteiger partial charge in [0, 0.05) is 11.7 Å². The second-order valence-corrected chi connectivity index (χ2v) is 6.83. The van der Waals surface area contributed by atoms with Crippen molar-refractivity contribution >= 4 is 28.5 Å². The average molecular weight is 329 g/mol. The highest BCUT2D eigenvalue weighted by Crippen LogP contribution is 2.26. The summed E-state index contributed by atoms with van der Waals surface area (Å²) in [5, 5.41) is 11.1. The SMILES string of the molecule is C[C@@H](CC(=O)O)N(C(=O)OC(C)(C)C)c1ccc2ccccc2c1. The lowest BCUT2D eigenvalue weighted by Gasteiger charge is -2.31. The molecule has 1 atom stereocenters. The van der Waals surface area contributed by atoms with E-state index >= 15 is 0 Å². The molecule has 0 saturated carbocycles. The van der Waals surface area contributed by atoms with Gasteiger partial charge in [-0.1, -0.05) is 30.3 Å². The number of aliphatic carboxylic acids is 1. The van der Waals surface area contributed by atoms with Crippen molar-refractivity contribution in [3.63, 3.8) is 0 Å². The van der Waals surface area contributed by atoms with Crippen molar-refractivity contribution in [2.24, 2.45) is 0 Å². The lowest BCUT2D eigenvalue weighted by molar-refractivity contribution is -0.137. The summed E-state index contributed by atoms with van der Waals surface area (Å²) in [6.07, 6.45) is -0.710. The van der Waals surface area contributed by atoms with Crippen LogP contribution in [0.4, 0.5) is 10.5 Å². The number of fused-ring (bicyclic) bond motifs is 1. The summed E-state index contributed by atoms with van der Waals surface area (Å²) >= 11 is 0. The van der Waals surface area contributed by atoms with Gasteiger partial charge in [-0.05, 0) is 50.6 Å². The molecule has 0 aliphatic heterocycles. The predicted molar refractivity (Wildman–Crippen MR) is 94.4 cm³/mol. The topological polar surface area (TPSA) is 66.8 Å². The number of anilines is 1. The van der Waals surface area contributed by atoms with Gasteiger partial charge >= 0.3 is 12.1 Å². The molecule has 0 aliphatic carbocycles. The van der Waals surface area contributed by atoms with E-state index in [4.69, 9.17) is 9.84 Å². The van der Waals surface area contributed by atoms with Crippen LogP contribution in [0.3, 0.4) is 0 Å². The van der Waals surface area contributed by atoms with Gasteiger partial charge in [0.1, 0.15) is 5.60 Å². The molecule has 128 valence electrons. The van der Waals surface area contributed by atoms with Crippen LogP contribution < -0.4 is 4.90 Å². The van der Waals surface area contributed by atoms with E-state index < -0.39 is 23.7 Å². The highest BCUT2D eigenvalue weighted by Gasteiger charge is 2.28. The van der Waals surface area contributed by atoms with Gasteiger partial charge in [-0.25, -0.2) is 4.79 Å². The zero-order valence-electron chi connectivity index (χ0n) is 14.4. The molecule has 0 fully saturated rings. The van der Waals surface area contributed by atoms with Crippen LogP contribution in [0.15, 0.2) is 42.5 Å². The molecule has 5 heteroatoms. The second-order valence-electron chi connectivity index (χ2n) is 6.83. The number of rotatable bonds is 4. The van der Waals surface area contributed by atoms with Gasteiger partial charge in [-0.3, -0.25) is 9.69 Å². The van der Waals surface area contributed by atoms with E-state index in [9.17, 15) is 9.59 Å². The summed E-state index contributed by atoms with van der Waals surface area (Å²) in [5.41, 5.74) is -0.0357. The van der Waals surface area contributed by atoms with Crippen LogP contribution in [-0.4, -0.2) is 28.8 Å². The van der Waals surface area contributed by atoms with E-state index in [1.54, 1.807) is 27.7 Å². The van der Waals surface area contributed by atoms with Crippen LogP contribution in [0.2, 0.25) is 0 Å². The monoisotopic (exact) mass is 329 g/mol. The maximum Gasteiger partial charge on any atom is 0.415 e. The van der Waals surface area contributed by atoms with Gasteiger partial charge in [-0.15, -0.1) is 0 Å². The van der Waals surface area contributed by atoms with E-state index in [-0.39, 0.29) is 6.42 Å². The molecule has 5 nitrogen and oxygen atoms in total. The molecule has 2 rings (SSSR count). The fraction of sp³-hybridized carbons (Fsp3) is 0.368. The quantitative estimate of drug-likeness (QED) is 0.900. The van der Waals surface area contributed by atoms with Crippen LogP contribution in [0.25, 0.3) is 10.8 Å². The Kier molecular flexibility index (Phi) is 5.12. The van der Waals surface area contributed by atoms with Gasteiger partial charge in [-0.2, -0.15) is 0 Å². The number of nitrogens with zero attached hydrogens (tertiary/aromatic N) is 1. The number of carbonyl (C=O) groups excluding carboxylic acids is 1. The molecule has 1 N–H and O–H groups in total. The van der Waals surface area contributed by atoms with Crippen molar-refractivity contribution in [2.75, 3.05) is 4.90 Å². The molecule has 0 unspecified atom stereocenters. The van der Waals surface area contributed by atoms with Crippen LogP contribution in [0.1, 0.15) is 34.1 Å². The van der Waals surface area contributed by atoms with Crippen molar-refractivity contribution in [3.05, 3.63) is 42.5 Å². The van der Waals surface area contributed by atoms with Crippen molar-refractivity contribution in [1.29, 1.82) is 0 Å². The predicted octanol–water partition coefficient (Wildman–Crippen LogP) is 4.44. The third kappa shape index (κ3) is 4.47. The Hall–Kier alpha value is -2.56. The number of hydrogen-bond acceptors (Lipinski definition) is 3. The smallest absolute Gasteiger partial charge is 0.415 e. The second kappa shape index (κ2) is 6.91.